The topological polar surface area (TPSA) is 17.8 Å². The summed E-state index contributed by atoms with van der Waals surface area (Å²) in [6.45, 7) is 4.13. The van der Waals surface area contributed by atoms with Gasteiger partial charge in [0.15, 0.2) is 0 Å². The van der Waals surface area contributed by atoms with Gasteiger partial charge in [0.05, 0.1) is 12.0 Å². The molecule has 5 heteroatoms. The Hall–Kier alpha value is -2.19. The van der Waals surface area contributed by atoms with Gasteiger partial charge in [0.2, 0.25) is 0 Å². The second-order valence-electron chi connectivity index (χ2n) is 7.55. The summed E-state index contributed by atoms with van der Waals surface area (Å²) in [6, 6.07) is 30.1. The van der Waals surface area contributed by atoms with Crippen LogP contribution in [-0.2, 0) is 26.2 Å². The number of hydrogen-bond acceptors (Lipinski definition) is 1. The van der Waals surface area contributed by atoms with Crippen LogP contribution in [-0.4, -0.2) is 9.55 Å². The molecule has 6 rings (SSSR count). The van der Waals surface area contributed by atoms with Crippen LogP contribution in [0.3, 0.4) is 0 Å². The third-order valence-corrected chi connectivity index (χ3v) is 5.38. The Bertz CT molecular complexity index is 1390. The van der Waals surface area contributed by atoms with Gasteiger partial charge < -0.3 is 29.4 Å². The second-order valence-corrected chi connectivity index (χ2v) is 7.55. The monoisotopic (exact) mass is 534 g/mol. The first-order valence-corrected chi connectivity index (χ1v) is 9.89. The van der Waals surface area contributed by atoms with Gasteiger partial charge in [-0.25, -0.2) is 4.98 Å². The Morgan fingerprint density at radius 2 is 1.25 bits per heavy atom. The number of halogens is 2. The first-order chi connectivity index (χ1) is 14.2. The Labute approximate surface area is 219 Å². The van der Waals surface area contributed by atoms with Crippen molar-refractivity contribution < 1.29 is 51.0 Å². The second kappa shape index (κ2) is 11.1. The molecule has 0 bridgehead atoms. The number of nitrogens with zero attached hydrogens (tertiary/aromatic N) is 2. The van der Waals surface area contributed by atoms with Gasteiger partial charge in [0, 0.05) is 11.9 Å². The van der Waals surface area contributed by atoms with Crippen LogP contribution < -0.4 is 24.8 Å². The van der Waals surface area contributed by atoms with E-state index in [1.165, 1.54) is 43.6 Å². The zero-order chi connectivity index (χ0) is 19.8. The summed E-state index contributed by atoms with van der Waals surface area (Å²) in [7, 11) is 0. The van der Waals surface area contributed by atoms with Gasteiger partial charge in [-0.3, -0.25) is 0 Å². The van der Waals surface area contributed by atoms with E-state index in [0.29, 0.717) is 0 Å². The molecule has 0 atom stereocenters. The molecular formula is C27H22Cl2N2Zr. The molecule has 6 aromatic rings. The van der Waals surface area contributed by atoms with Crippen LogP contribution in [0.2, 0.25) is 0 Å². The van der Waals surface area contributed by atoms with Crippen LogP contribution in [0.4, 0.5) is 0 Å². The van der Waals surface area contributed by atoms with Crippen LogP contribution >= 0.6 is 0 Å². The van der Waals surface area contributed by atoms with Crippen LogP contribution in [0.5, 0.6) is 0 Å². The molecule has 2 nitrogen and oxygen atoms in total. The third kappa shape index (κ3) is 5.07. The molecule has 0 aliphatic rings. The molecule has 5 aromatic carbocycles. The van der Waals surface area contributed by atoms with Crippen LogP contribution in [0.1, 0.15) is 11.3 Å². The molecule has 1 aromatic heterocycles. The van der Waals surface area contributed by atoms with E-state index in [0.717, 1.165) is 5.69 Å². The largest absolute Gasteiger partial charge is 4.00 e. The Morgan fingerprint density at radius 1 is 0.688 bits per heavy atom. The summed E-state index contributed by atoms with van der Waals surface area (Å²) in [5.41, 5.74) is 3.55. The third-order valence-electron chi connectivity index (χ3n) is 5.38. The first kappa shape index (κ1) is 26.1. The van der Waals surface area contributed by atoms with Crippen LogP contribution in [0.15, 0.2) is 97.5 Å². The van der Waals surface area contributed by atoms with Crippen LogP contribution in [0.25, 0.3) is 38.0 Å². The molecule has 0 saturated carbocycles. The summed E-state index contributed by atoms with van der Waals surface area (Å²) in [4.78, 5) is 4.27. The SMILES string of the molecule is Cc1cc2c(-n3cnc(C)c3)cccc2[cH-]1.[Cl-].[Cl-].[Zr+4].c1ccc2c(c1)[cH-]c1ccccc12. The van der Waals surface area contributed by atoms with E-state index in [1.54, 1.807) is 0 Å². The maximum atomic E-state index is 4.27. The molecule has 0 fully saturated rings. The van der Waals surface area contributed by atoms with Gasteiger partial charge >= 0.3 is 26.2 Å². The Morgan fingerprint density at radius 3 is 1.84 bits per heavy atom. The minimum atomic E-state index is 0. The average Bonchev–Trinajstić information content (AvgIpc) is 3.43. The standard InChI is InChI=1S/C14H13N2.C13H9.2ClH.Zr/c1-10-6-12-4-3-5-14(13(12)7-10)16-8-11(2)15-9-16;1-3-7-12-10(5-1)9-11-6-2-4-8-13(11)12;;;/h3-9H,1-2H3;1-9H;2*1H;/q2*-1;;;+4/p-2. The van der Waals surface area contributed by atoms with E-state index in [4.69, 9.17) is 0 Å². The summed E-state index contributed by atoms with van der Waals surface area (Å²) >= 11 is 0. The number of fused-ring (bicyclic) bond motifs is 4. The van der Waals surface area contributed by atoms with E-state index in [2.05, 4.69) is 108 Å². The van der Waals surface area contributed by atoms with Crippen LogP contribution in [0, 0.1) is 13.8 Å². The molecule has 0 spiro atoms. The fraction of sp³-hybridized carbons (Fsp3) is 0.0741. The number of hydrogen-bond donors (Lipinski definition) is 0. The molecule has 32 heavy (non-hydrogen) atoms. The predicted octanol–water partition coefficient (Wildman–Crippen LogP) is 1.08. The molecule has 1 heterocycles. The molecule has 0 unspecified atom stereocenters. The maximum Gasteiger partial charge on any atom is 4.00 e. The quantitative estimate of drug-likeness (QED) is 0.288. The van der Waals surface area contributed by atoms with Gasteiger partial charge in [-0.15, -0.1) is 74.3 Å². The molecule has 0 saturated heterocycles. The minimum Gasteiger partial charge on any atom is -1.00 e. The van der Waals surface area contributed by atoms with E-state index in [9.17, 15) is 0 Å². The maximum absolute atomic E-state index is 4.27. The van der Waals surface area contributed by atoms with Crippen molar-refractivity contribution in [2.45, 2.75) is 13.8 Å². The zero-order valence-corrected chi connectivity index (χ0v) is 21.9. The smallest absolute Gasteiger partial charge is 1.00 e. The van der Waals surface area contributed by atoms with Gasteiger partial charge in [-0.05, 0) is 6.92 Å². The predicted molar refractivity (Wildman–Crippen MR) is 123 cm³/mol. The summed E-state index contributed by atoms with van der Waals surface area (Å²) in [5, 5.41) is 7.97. The number of rotatable bonds is 1. The van der Waals surface area contributed by atoms with E-state index in [-0.39, 0.29) is 51.0 Å². The van der Waals surface area contributed by atoms with Gasteiger partial charge in [-0.1, -0.05) is 49.4 Å². The molecule has 0 aliphatic heterocycles. The van der Waals surface area contributed by atoms with Crippen molar-refractivity contribution in [2.75, 3.05) is 0 Å². The first-order valence-electron chi connectivity index (χ1n) is 9.89. The minimum absolute atomic E-state index is 0. The molecular weight excluding hydrogens is 514 g/mol. The number of aryl methyl sites for hydroxylation is 2. The summed E-state index contributed by atoms with van der Waals surface area (Å²) in [6.07, 6.45) is 3.92. The van der Waals surface area contributed by atoms with E-state index < -0.39 is 0 Å². The molecule has 0 amide bonds. The molecule has 0 radical (unpaired) electrons. The number of aromatic nitrogens is 2. The molecule has 0 N–H and O–H groups in total. The normalized spacial score (nSPS) is 10.1. The summed E-state index contributed by atoms with van der Waals surface area (Å²) < 4.78 is 2.08. The van der Waals surface area contributed by atoms with E-state index in [1.807, 2.05) is 13.3 Å². The van der Waals surface area contributed by atoms with Crippen molar-refractivity contribution in [3.8, 4) is 5.69 Å². The number of benzene rings is 3. The zero-order valence-electron chi connectivity index (χ0n) is 17.9. The molecule has 0 aliphatic carbocycles. The average molecular weight is 537 g/mol. The van der Waals surface area contributed by atoms with Crippen molar-refractivity contribution in [1.82, 2.24) is 9.55 Å². The van der Waals surface area contributed by atoms with Gasteiger partial charge in [0.1, 0.15) is 0 Å². The van der Waals surface area contributed by atoms with Crippen molar-refractivity contribution in [3.63, 3.8) is 0 Å². The number of imidazole rings is 1. The Balaban J connectivity index is 0.000000211. The van der Waals surface area contributed by atoms with Gasteiger partial charge in [0.25, 0.3) is 0 Å². The molecule has 158 valence electrons. The fourth-order valence-corrected chi connectivity index (χ4v) is 4.05. The van der Waals surface area contributed by atoms with Gasteiger partial charge in [-0.2, -0.15) is 6.07 Å². The fourth-order valence-electron chi connectivity index (χ4n) is 4.05. The van der Waals surface area contributed by atoms with Crippen molar-refractivity contribution in [3.05, 3.63) is 109 Å². The Kier molecular flexibility index (Phi) is 9.04. The van der Waals surface area contributed by atoms with Crippen molar-refractivity contribution >= 4 is 32.3 Å². The van der Waals surface area contributed by atoms with Crippen molar-refractivity contribution in [1.29, 1.82) is 0 Å². The van der Waals surface area contributed by atoms with Crippen molar-refractivity contribution in [2.24, 2.45) is 0 Å². The summed E-state index contributed by atoms with van der Waals surface area (Å²) in [5.74, 6) is 0. The van der Waals surface area contributed by atoms with E-state index >= 15 is 0 Å².